The summed E-state index contributed by atoms with van der Waals surface area (Å²) in [7, 11) is 0. The minimum Gasteiger partial charge on any atom is -0.340 e. The van der Waals surface area contributed by atoms with Gasteiger partial charge in [-0.3, -0.25) is 14.6 Å². The van der Waals surface area contributed by atoms with Crippen molar-refractivity contribution in [2.45, 2.75) is 11.4 Å². The van der Waals surface area contributed by atoms with Crippen LogP contribution in [0, 0.1) is 12.3 Å². The lowest BCUT2D eigenvalue weighted by atomic mass is 10.1. The Labute approximate surface area is 248 Å². The average Bonchev–Trinajstić information content (AvgIpc) is 3.51. The number of H-pyrrole nitrogens is 1. The van der Waals surface area contributed by atoms with Gasteiger partial charge in [0.2, 0.25) is 5.95 Å². The van der Waals surface area contributed by atoms with Gasteiger partial charge in [0, 0.05) is 75.0 Å². The number of aromatic amines is 1. The predicted octanol–water partition coefficient (Wildman–Crippen LogP) is 3.79. The first kappa shape index (κ1) is 28.0. The Balaban J connectivity index is 1.10. The number of imidazole rings is 1. The average molecular weight is 586 g/mol. The molecule has 12 heteroatoms. The largest absolute Gasteiger partial charge is 0.340 e. The van der Waals surface area contributed by atoms with Crippen molar-refractivity contribution in [1.82, 2.24) is 34.6 Å². The summed E-state index contributed by atoms with van der Waals surface area (Å²) in [5, 5.41) is 3.39. The van der Waals surface area contributed by atoms with E-state index < -0.39 is 0 Å². The van der Waals surface area contributed by atoms with Gasteiger partial charge in [0.1, 0.15) is 5.52 Å². The maximum absolute atomic E-state index is 13.0. The Morgan fingerprint density at radius 2 is 1.76 bits per heavy atom. The lowest BCUT2D eigenvalue weighted by Crippen LogP contribution is -2.48. The molecule has 0 aliphatic carbocycles. The zero-order valence-electron chi connectivity index (χ0n) is 23.2. The summed E-state index contributed by atoms with van der Waals surface area (Å²) in [6.07, 6.45) is 7.03. The molecule has 2 aromatic carbocycles. The molecule has 2 aromatic heterocycles. The second-order valence-electron chi connectivity index (χ2n) is 10.4. The van der Waals surface area contributed by atoms with Crippen LogP contribution in [0.1, 0.15) is 15.9 Å². The van der Waals surface area contributed by atoms with E-state index in [2.05, 4.69) is 35.9 Å². The number of carbonyl (C=O) groups is 1. The van der Waals surface area contributed by atoms with Crippen LogP contribution in [0.25, 0.3) is 11.2 Å². The third kappa shape index (κ3) is 6.33. The Kier molecular flexibility index (Phi) is 8.50. The van der Waals surface area contributed by atoms with Crippen LogP contribution >= 0.6 is 12.1 Å². The highest BCUT2D eigenvalue weighted by Gasteiger charge is 2.23. The number of aromatic nitrogens is 4. The van der Waals surface area contributed by atoms with Gasteiger partial charge >= 0.3 is 0 Å². The van der Waals surface area contributed by atoms with Crippen molar-refractivity contribution in [2.75, 3.05) is 69.1 Å². The molecule has 0 bridgehead atoms. The molecule has 6 rings (SSSR count). The zero-order chi connectivity index (χ0) is 28.9. The minimum absolute atomic E-state index is 0.0235. The fourth-order valence-corrected chi connectivity index (χ4v) is 5.69. The topological polar surface area (TPSA) is 96.5 Å². The fourth-order valence-electron chi connectivity index (χ4n) is 5.36. The van der Waals surface area contributed by atoms with E-state index in [1.54, 1.807) is 12.4 Å². The molecule has 0 spiro atoms. The number of piperazine rings is 2. The first-order valence-corrected chi connectivity index (χ1v) is 14.7. The summed E-state index contributed by atoms with van der Waals surface area (Å²) in [6.45, 7) is 7.50. The summed E-state index contributed by atoms with van der Waals surface area (Å²) in [6, 6.07) is 15.1. The number of rotatable bonds is 8. The van der Waals surface area contributed by atoms with Crippen molar-refractivity contribution in [1.29, 1.82) is 0 Å². The van der Waals surface area contributed by atoms with Crippen LogP contribution in [-0.4, -0.2) is 99.4 Å². The van der Waals surface area contributed by atoms with E-state index in [0.717, 1.165) is 57.1 Å². The predicted molar refractivity (Wildman–Crippen MR) is 163 cm³/mol. The molecule has 216 valence electrons. The second kappa shape index (κ2) is 12.8. The molecule has 42 heavy (non-hydrogen) atoms. The van der Waals surface area contributed by atoms with E-state index in [4.69, 9.17) is 16.4 Å². The van der Waals surface area contributed by atoms with Crippen molar-refractivity contribution in [3.8, 4) is 12.3 Å². The number of benzene rings is 2. The summed E-state index contributed by atoms with van der Waals surface area (Å²) >= 11 is 0.274. The van der Waals surface area contributed by atoms with Gasteiger partial charge in [0.25, 0.3) is 5.91 Å². The molecular weight excluding hydrogens is 553 g/mol. The molecule has 0 unspecified atom stereocenters. The van der Waals surface area contributed by atoms with Gasteiger partial charge in [-0.1, -0.05) is 18.1 Å². The van der Waals surface area contributed by atoms with Crippen LogP contribution in [0.5, 0.6) is 0 Å². The van der Waals surface area contributed by atoms with Crippen molar-refractivity contribution >= 4 is 46.7 Å². The van der Waals surface area contributed by atoms with Crippen LogP contribution in [0.15, 0.2) is 59.8 Å². The van der Waals surface area contributed by atoms with E-state index in [0.29, 0.717) is 53.0 Å². The fraction of sp³-hybridized carbons (Fsp3) is 0.333. The van der Waals surface area contributed by atoms with Gasteiger partial charge in [-0.25, -0.2) is 4.98 Å². The highest BCUT2D eigenvalue weighted by molar-refractivity contribution is 7.94. The highest BCUT2D eigenvalue weighted by Crippen LogP contribution is 2.26. The Hall–Kier alpha value is -4.18. The Morgan fingerprint density at radius 3 is 2.50 bits per heavy atom. The maximum Gasteiger partial charge on any atom is 0.253 e. The number of terminal acetylenes is 1. The number of hydrogen-bond acceptors (Lipinski definition) is 9. The molecule has 4 aromatic rings. The van der Waals surface area contributed by atoms with E-state index in [-0.39, 0.29) is 18.1 Å². The quantitative estimate of drug-likeness (QED) is 0.300. The van der Waals surface area contributed by atoms with E-state index in [1.165, 1.54) is 0 Å². The Morgan fingerprint density at radius 1 is 1.00 bits per heavy atom. The molecule has 2 N–H and O–H groups in total. The van der Waals surface area contributed by atoms with E-state index in [1.807, 2.05) is 47.4 Å². The van der Waals surface area contributed by atoms with E-state index >= 15 is 0 Å². The first-order chi connectivity index (χ1) is 20.6. The normalized spacial score (nSPS) is 16.5. The van der Waals surface area contributed by atoms with Crippen molar-refractivity contribution < 1.29 is 8.68 Å². The number of nitrogens with one attached hydrogen (secondary N) is 2. The van der Waals surface area contributed by atoms with Gasteiger partial charge in [0.05, 0.1) is 25.0 Å². The lowest BCUT2D eigenvalue weighted by molar-refractivity contribution is 0.0652. The summed E-state index contributed by atoms with van der Waals surface area (Å²) < 4.78 is 13.0. The second-order valence-corrected chi connectivity index (χ2v) is 11.1. The molecule has 2 saturated heterocycles. The molecule has 2 aliphatic rings. The van der Waals surface area contributed by atoms with Crippen molar-refractivity contribution in [2.24, 2.45) is 0 Å². The summed E-state index contributed by atoms with van der Waals surface area (Å²) in [5.41, 5.74) is 3.86. The molecule has 4 heterocycles. The maximum atomic E-state index is 13.0. The molecule has 10 nitrogen and oxygen atoms in total. The van der Waals surface area contributed by atoms with Gasteiger partial charge in [0.15, 0.2) is 11.5 Å². The van der Waals surface area contributed by atoms with Crippen molar-refractivity contribution in [3.05, 3.63) is 66.0 Å². The molecule has 1 amide bonds. The van der Waals surface area contributed by atoms with Crippen LogP contribution in [-0.2, 0) is 6.54 Å². The summed E-state index contributed by atoms with van der Waals surface area (Å²) in [4.78, 5) is 39.3. The Bertz CT molecular complexity index is 1570. The number of carbonyl (C=O) groups excluding carboxylic acids is 1. The first-order valence-electron chi connectivity index (χ1n) is 14.0. The van der Waals surface area contributed by atoms with Gasteiger partial charge in [-0.2, -0.15) is 13.9 Å². The summed E-state index contributed by atoms with van der Waals surface area (Å²) in [5.74, 6) is 3.93. The number of anilines is 3. The SMILES string of the molecule is C#CCN1CCN(C(=O)c2ccc(Nc3nc(N4CCN(Cc5cccc(SF)c5)CC4)nc4nc[nH]c34)cc2)CC1. The monoisotopic (exact) mass is 585 g/mol. The number of fused-ring (bicyclic) bond motifs is 1. The van der Waals surface area contributed by atoms with Crippen LogP contribution < -0.4 is 10.2 Å². The molecule has 2 fully saturated rings. The smallest absolute Gasteiger partial charge is 0.253 e. The molecule has 2 aliphatic heterocycles. The highest BCUT2D eigenvalue weighted by atomic mass is 32.2. The van der Waals surface area contributed by atoms with Crippen LogP contribution in [0.4, 0.5) is 21.3 Å². The number of nitrogens with zero attached hydrogens (tertiary/aromatic N) is 7. The van der Waals surface area contributed by atoms with E-state index in [9.17, 15) is 8.68 Å². The molecular formula is C30H32FN9OS. The molecule has 0 atom stereocenters. The minimum atomic E-state index is 0.0235. The van der Waals surface area contributed by atoms with Gasteiger partial charge < -0.3 is 20.1 Å². The van der Waals surface area contributed by atoms with Gasteiger partial charge in [-0.05, 0) is 42.0 Å². The lowest BCUT2D eigenvalue weighted by Gasteiger charge is -2.34. The number of halogens is 1. The zero-order valence-corrected chi connectivity index (χ0v) is 24.0. The third-order valence-corrected chi connectivity index (χ3v) is 8.12. The number of amides is 1. The van der Waals surface area contributed by atoms with Crippen molar-refractivity contribution in [3.63, 3.8) is 0 Å². The molecule has 0 saturated carbocycles. The van der Waals surface area contributed by atoms with Crippen LogP contribution in [0.2, 0.25) is 0 Å². The van der Waals surface area contributed by atoms with Gasteiger partial charge in [-0.15, -0.1) is 6.42 Å². The van der Waals surface area contributed by atoms with Crippen LogP contribution in [0.3, 0.4) is 0 Å². The third-order valence-electron chi connectivity index (χ3n) is 7.69. The molecule has 0 radical (unpaired) electrons. The standard InChI is InChI=1S/C30H32FN9OS/c1-2-10-37-11-15-39(16-12-37)29(41)23-6-8-24(9-7-23)34-28-26-27(33-21-32-26)35-30(36-28)40-17-13-38(14-18-40)20-22-4-3-5-25(19-22)42-31/h1,3-9,19,21H,10-18,20H2,(H2,32,33,34,35,36). The number of hydrogen-bond donors (Lipinski definition) is 2.